The molecule has 1 atom stereocenters. The van der Waals surface area contributed by atoms with Crippen LogP contribution in [0.25, 0.3) is 0 Å². The minimum Gasteiger partial charge on any atom is -0.324 e. The van der Waals surface area contributed by atoms with E-state index < -0.39 is 0 Å². The predicted molar refractivity (Wildman–Crippen MR) is 84.4 cm³/mol. The van der Waals surface area contributed by atoms with Gasteiger partial charge in [-0.1, -0.05) is 48.9 Å². The fraction of sp³-hybridized carbons (Fsp3) is 0.294. The van der Waals surface area contributed by atoms with Crippen molar-refractivity contribution in [1.29, 1.82) is 0 Å². The zero-order valence-corrected chi connectivity index (χ0v) is 12.4. The molecule has 0 heterocycles. The first-order valence-electron chi connectivity index (χ1n) is 6.73. The van der Waals surface area contributed by atoms with Gasteiger partial charge in [0.05, 0.1) is 0 Å². The summed E-state index contributed by atoms with van der Waals surface area (Å²) < 4.78 is 0. The largest absolute Gasteiger partial charge is 0.324 e. The summed E-state index contributed by atoms with van der Waals surface area (Å²) >= 11 is 1.87. The molecule has 2 rings (SSSR count). The van der Waals surface area contributed by atoms with Gasteiger partial charge >= 0.3 is 0 Å². The van der Waals surface area contributed by atoms with Gasteiger partial charge in [0.2, 0.25) is 0 Å². The highest BCUT2D eigenvalue weighted by Crippen LogP contribution is 2.25. The SMILES string of the molecule is CCC(N)c1ccc(SCc2cccc(C)c2)cc1. The zero-order chi connectivity index (χ0) is 13.7. The van der Waals surface area contributed by atoms with E-state index in [-0.39, 0.29) is 6.04 Å². The maximum Gasteiger partial charge on any atom is 0.0292 e. The Morgan fingerprint density at radius 2 is 1.84 bits per heavy atom. The second kappa shape index (κ2) is 6.78. The van der Waals surface area contributed by atoms with Crippen LogP contribution in [0.4, 0.5) is 0 Å². The molecule has 0 fully saturated rings. The van der Waals surface area contributed by atoms with Crippen LogP contribution in [0.5, 0.6) is 0 Å². The predicted octanol–water partition coefficient (Wildman–Crippen LogP) is 4.70. The fourth-order valence-electron chi connectivity index (χ4n) is 2.02. The highest BCUT2D eigenvalue weighted by molar-refractivity contribution is 7.98. The quantitative estimate of drug-likeness (QED) is 0.798. The van der Waals surface area contributed by atoms with Gasteiger partial charge in [-0.2, -0.15) is 0 Å². The van der Waals surface area contributed by atoms with Gasteiger partial charge in [-0.05, 0) is 36.6 Å². The van der Waals surface area contributed by atoms with Crippen molar-refractivity contribution < 1.29 is 0 Å². The van der Waals surface area contributed by atoms with Crippen LogP contribution in [0, 0.1) is 6.92 Å². The van der Waals surface area contributed by atoms with Crippen molar-refractivity contribution in [2.75, 3.05) is 0 Å². The number of benzene rings is 2. The Balaban J connectivity index is 1.96. The third-order valence-corrected chi connectivity index (χ3v) is 4.32. The lowest BCUT2D eigenvalue weighted by atomic mass is 10.1. The van der Waals surface area contributed by atoms with E-state index in [0.717, 1.165) is 12.2 Å². The number of aryl methyl sites for hydroxylation is 1. The van der Waals surface area contributed by atoms with Gasteiger partial charge in [0.1, 0.15) is 0 Å². The Morgan fingerprint density at radius 1 is 1.11 bits per heavy atom. The van der Waals surface area contributed by atoms with Crippen LogP contribution in [0.2, 0.25) is 0 Å². The van der Waals surface area contributed by atoms with Crippen molar-refractivity contribution in [3.8, 4) is 0 Å². The standard InChI is InChI=1S/C17H21NS/c1-3-17(18)15-7-9-16(10-8-15)19-12-14-6-4-5-13(2)11-14/h4-11,17H,3,12,18H2,1-2H3. The lowest BCUT2D eigenvalue weighted by molar-refractivity contribution is 0.698. The van der Waals surface area contributed by atoms with E-state index in [1.165, 1.54) is 21.6 Å². The van der Waals surface area contributed by atoms with Crippen LogP contribution in [0.15, 0.2) is 53.4 Å². The van der Waals surface area contributed by atoms with Gasteiger partial charge in [-0.15, -0.1) is 11.8 Å². The molecule has 100 valence electrons. The molecule has 1 nitrogen and oxygen atoms in total. The molecule has 1 unspecified atom stereocenters. The molecule has 0 aliphatic heterocycles. The minimum absolute atomic E-state index is 0.163. The summed E-state index contributed by atoms with van der Waals surface area (Å²) in [4.78, 5) is 1.30. The van der Waals surface area contributed by atoms with Crippen LogP contribution in [0.3, 0.4) is 0 Å². The monoisotopic (exact) mass is 271 g/mol. The molecule has 2 N–H and O–H groups in total. The molecule has 19 heavy (non-hydrogen) atoms. The smallest absolute Gasteiger partial charge is 0.0292 e. The Bertz CT molecular complexity index is 519. The first-order valence-corrected chi connectivity index (χ1v) is 7.71. The van der Waals surface area contributed by atoms with Gasteiger partial charge in [0.25, 0.3) is 0 Å². The molecular weight excluding hydrogens is 250 g/mol. The molecule has 0 spiro atoms. The second-order valence-electron chi connectivity index (χ2n) is 4.86. The lowest BCUT2D eigenvalue weighted by Crippen LogP contribution is -2.07. The van der Waals surface area contributed by atoms with Gasteiger partial charge in [-0.25, -0.2) is 0 Å². The molecule has 0 aromatic heterocycles. The van der Waals surface area contributed by atoms with E-state index in [2.05, 4.69) is 62.4 Å². The number of rotatable bonds is 5. The summed E-state index contributed by atoms with van der Waals surface area (Å²) in [5, 5.41) is 0. The Hall–Kier alpha value is -1.25. The van der Waals surface area contributed by atoms with Gasteiger partial charge in [0.15, 0.2) is 0 Å². The summed E-state index contributed by atoms with van der Waals surface area (Å²) in [7, 11) is 0. The summed E-state index contributed by atoms with van der Waals surface area (Å²) in [6.07, 6.45) is 0.982. The van der Waals surface area contributed by atoms with Crippen LogP contribution >= 0.6 is 11.8 Å². The summed E-state index contributed by atoms with van der Waals surface area (Å²) in [5.74, 6) is 1.01. The zero-order valence-electron chi connectivity index (χ0n) is 11.6. The third-order valence-electron chi connectivity index (χ3n) is 3.24. The van der Waals surface area contributed by atoms with Crippen molar-refractivity contribution in [2.24, 2.45) is 5.73 Å². The summed E-state index contributed by atoms with van der Waals surface area (Å²) in [6, 6.07) is 17.5. The van der Waals surface area contributed by atoms with Crippen molar-refractivity contribution in [3.05, 3.63) is 65.2 Å². The van der Waals surface area contributed by atoms with Crippen molar-refractivity contribution in [3.63, 3.8) is 0 Å². The number of hydrogen-bond acceptors (Lipinski definition) is 2. The maximum absolute atomic E-state index is 6.02. The maximum atomic E-state index is 6.02. The molecule has 0 aliphatic rings. The van der Waals surface area contributed by atoms with Crippen molar-refractivity contribution in [1.82, 2.24) is 0 Å². The summed E-state index contributed by atoms with van der Waals surface area (Å²) in [5.41, 5.74) is 9.94. The van der Waals surface area contributed by atoms with Gasteiger partial charge in [0, 0.05) is 16.7 Å². The average molecular weight is 271 g/mol. The first-order chi connectivity index (χ1) is 9.19. The average Bonchev–Trinajstić information content (AvgIpc) is 2.45. The molecule has 0 radical (unpaired) electrons. The topological polar surface area (TPSA) is 26.0 Å². The number of nitrogens with two attached hydrogens (primary N) is 1. The van der Waals surface area contributed by atoms with Crippen LogP contribution in [-0.4, -0.2) is 0 Å². The number of hydrogen-bond donors (Lipinski definition) is 1. The van der Waals surface area contributed by atoms with Crippen LogP contribution < -0.4 is 5.73 Å². The number of thioether (sulfide) groups is 1. The van der Waals surface area contributed by atoms with E-state index in [0.29, 0.717) is 0 Å². The van der Waals surface area contributed by atoms with Crippen LogP contribution in [-0.2, 0) is 5.75 Å². The first kappa shape index (κ1) is 14.2. The molecule has 2 aromatic carbocycles. The van der Waals surface area contributed by atoms with Gasteiger partial charge < -0.3 is 5.73 Å². The van der Waals surface area contributed by atoms with E-state index >= 15 is 0 Å². The third kappa shape index (κ3) is 4.12. The molecule has 0 bridgehead atoms. The highest BCUT2D eigenvalue weighted by Gasteiger charge is 2.03. The molecule has 0 aliphatic carbocycles. The lowest BCUT2D eigenvalue weighted by Gasteiger charge is -2.10. The van der Waals surface area contributed by atoms with E-state index in [1.54, 1.807) is 0 Å². The van der Waals surface area contributed by atoms with Crippen LogP contribution in [0.1, 0.15) is 36.1 Å². The second-order valence-corrected chi connectivity index (χ2v) is 5.91. The van der Waals surface area contributed by atoms with Gasteiger partial charge in [-0.3, -0.25) is 0 Å². The molecule has 0 saturated carbocycles. The highest BCUT2D eigenvalue weighted by atomic mass is 32.2. The molecule has 2 aromatic rings. The van der Waals surface area contributed by atoms with Crippen molar-refractivity contribution in [2.45, 2.75) is 37.0 Å². The molecular formula is C17H21NS. The summed E-state index contributed by atoms with van der Waals surface area (Å²) in [6.45, 7) is 4.25. The Morgan fingerprint density at radius 3 is 2.47 bits per heavy atom. The van der Waals surface area contributed by atoms with E-state index in [1.807, 2.05) is 11.8 Å². The van der Waals surface area contributed by atoms with E-state index in [4.69, 9.17) is 5.73 Å². The molecule has 2 heteroatoms. The van der Waals surface area contributed by atoms with E-state index in [9.17, 15) is 0 Å². The normalized spacial score (nSPS) is 12.4. The Kier molecular flexibility index (Phi) is 5.06. The molecule has 0 saturated heterocycles. The Labute approximate surface area is 120 Å². The fourth-order valence-corrected chi connectivity index (χ4v) is 2.86. The molecule has 0 amide bonds. The van der Waals surface area contributed by atoms with Crippen molar-refractivity contribution >= 4 is 11.8 Å². The minimum atomic E-state index is 0.163.